The summed E-state index contributed by atoms with van der Waals surface area (Å²) >= 11 is 0. The Morgan fingerprint density at radius 1 is 0.923 bits per heavy atom. The molecule has 13 heavy (non-hydrogen) atoms. The van der Waals surface area contributed by atoms with E-state index < -0.39 is 8.07 Å². The molecule has 0 atom stereocenters. The fourth-order valence-corrected chi connectivity index (χ4v) is 8.96. The Morgan fingerprint density at radius 2 is 1.69 bits per heavy atom. The quantitative estimate of drug-likeness (QED) is 0.576. The third-order valence-corrected chi connectivity index (χ3v) is 9.51. The molecular formula is C10H18N2Si. The van der Waals surface area contributed by atoms with Crippen molar-refractivity contribution in [3.05, 3.63) is 11.0 Å². The second kappa shape index (κ2) is 2.77. The fourth-order valence-electron chi connectivity index (χ4n) is 3.44. The molecule has 2 nitrogen and oxygen atoms in total. The molecule has 0 aliphatic carbocycles. The van der Waals surface area contributed by atoms with E-state index in [0.29, 0.717) is 0 Å². The van der Waals surface area contributed by atoms with Gasteiger partial charge >= 0.3 is 0 Å². The lowest BCUT2D eigenvalue weighted by Gasteiger charge is -2.32. The Labute approximate surface area is 80.8 Å². The van der Waals surface area contributed by atoms with Gasteiger partial charge in [-0.15, -0.1) is 0 Å². The number of hydrogen-bond acceptors (Lipinski definition) is 2. The van der Waals surface area contributed by atoms with Gasteiger partial charge in [0.2, 0.25) is 0 Å². The van der Waals surface area contributed by atoms with E-state index in [1.165, 1.54) is 25.7 Å². The van der Waals surface area contributed by atoms with Crippen molar-refractivity contribution < 1.29 is 0 Å². The normalized spacial score (nSPS) is 30.2. The highest BCUT2D eigenvalue weighted by Crippen LogP contribution is 2.43. The maximum atomic E-state index is 3.62. The van der Waals surface area contributed by atoms with Crippen LogP contribution in [0.2, 0.25) is 18.1 Å². The van der Waals surface area contributed by atoms with Gasteiger partial charge in [-0.25, -0.2) is 0 Å². The van der Waals surface area contributed by atoms with Crippen LogP contribution in [-0.4, -0.2) is 14.7 Å². The molecular weight excluding hydrogens is 176 g/mol. The molecule has 0 aromatic rings. The Kier molecular flexibility index (Phi) is 1.69. The van der Waals surface area contributed by atoms with Crippen LogP contribution >= 0.6 is 0 Å². The summed E-state index contributed by atoms with van der Waals surface area (Å²) in [6, 6.07) is 4.71. The van der Waals surface area contributed by atoms with Crippen molar-refractivity contribution in [2.45, 2.75) is 43.8 Å². The molecule has 3 rings (SSSR count). The zero-order chi connectivity index (χ0) is 8.73. The number of nitrogens with one attached hydrogen (secondary N) is 2. The minimum absolute atomic E-state index is 0.943. The summed E-state index contributed by atoms with van der Waals surface area (Å²) in [5.41, 5.74) is 1.60. The van der Waals surface area contributed by atoms with Crippen molar-refractivity contribution >= 4 is 8.07 Å². The monoisotopic (exact) mass is 194 g/mol. The zero-order valence-electron chi connectivity index (χ0n) is 8.16. The van der Waals surface area contributed by atoms with Crippen molar-refractivity contribution in [1.29, 1.82) is 0 Å². The predicted octanol–water partition coefficient (Wildman–Crippen LogP) is 1.92. The highest BCUT2D eigenvalue weighted by Gasteiger charge is 2.44. The molecule has 3 heterocycles. The largest absolute Gasteiger partial charge is 0.373 e. The number of allylic oxidation sites excluding steroid dienone is 1. The van der Waals surface area contributed by atoms with E-state index in [2.05, 4.69) is 10.6 Å². The van der Waals surface area contributed by atoms with Crippen molar-refractivity contribution in [3.8, 4) is 0 Å². The minimum atomic E-state index is -0.943. The highest BCUT2D eigenvalue weighted by atomic mass is 28.3. The molecule has 72 valence electrons. The molecule has 2 N–H and O–H groups in total. The molecule has 0 bridgehead atoms. The maximum Gasteiger partial charge on any atom is 0.109 e. The van der Waals surface area contributed by atoms with Gasteiger partial charge < -0.3 is 10.6 Å². The molecule has 3 aliphatic heterocycles. The van der Waals surface area contributed by atoms with Gasteiger partial charge in [0.05, 0.1) is 6.67 Å². The zero-order valence-corrected chi connectivity index (χ0v) is 9.16. The molecule has 0 saturated carbocycles. The fraction of sp³-hybridized carbons (Fsp3) is 0.800. The van der Waals surface area contributed by atoms with Crippen LogP contribution in [-0.2, 0) is 0 Å². The molecule has 1 spiro atoms. The maximum absolute atomic E-state index is 3.62. The summed E-state index contributed by atoms with van der Waals surface area (Å²) in [4.78, 5) is 0. The van der Waals surface area contributed by atoms with Crippen LogP contribution in [0.15, 0.2) is 11.0 Å². The molecule has 0 unspecified atom stereocenters. The van der Waals surface area contributed by atoms with Crippen LogP contribution in [0.1, 0.15) is 25.7 Å². The van der Waals surface area contributed by atoms with E-state index in [-0.39, 0.29) is 0 Å². The van der Waals surface area contributed by atoms with Crippen LogP contribution in [0, 0.1) is 0 Å². The van der Waals surface area contributed by atoms with Crippen LogP contribution in [0.3, 0.4) is 0 Å². The second-order valence-electron chi connectivity index (χ2n) is 4.72. The third kappa shape index (κ3) is 1.06. The Balaban J connectivity index is 1.98. The number of rotatable bonds is 0. The van der Waals surface area contributed by atoms with Crippen LogP contribution in [0.25, 0.3) is 0 Å². The van der Waals surface area contributed by atoms with Gasteiger partial charge in [-0.3, -0.25) is 0 Å². The average Bonchev–Trinajstić information content (AvgIpc) is 2.74. The molecule has 3 aliphatic rings. The standard InChI is InChI=1S/C10H18N2Si/c1-2-6-13(5-1)7-3-4-9-10(13)12-8-11-9/h11-12H,1-8H2. The van der Waals surface area contributed by atoms with Gasteiger partial charge in [0.1, 0.15) is 8.07 Å². The molecule has 0 radical (unpaired) electrons. The lowest BCUT2D eigenvalue weighted by atomic mass is 10.2. The van der Waals surface area contributed by atoms with E-state index in [1.807, 2.05) is 0 Å². The SMILES string of the molecule is C1CC[Si]2(C1)CCCC1=C2NCN1. The van der Waals surface area contributed by atoms with E-state index in [0.717, 1.165) is 6.67 Å². The van der Waals surface area contributed by atoms with Gasteiger partial charge in [-0.05, 0) is 12.8 Å². The van der Waals surface area contributed by atoms with Gasteiger partial charge in [0.25, 0.3) is 0 Å². The summed E-state index contributed by atoms with van der Waals surface area (Å²) in [6.45, 7) is 1.01. The molecule has 0 aromatic heterocycles. The summed E-state index contributed by atoms with van der Waals surface area (Å²) in [5, 5.41) is 8.87. The van der Waals surface area contributed by atoms with Gasteiger partial charge in [-0.2, -0.15) is 0 Å². The molecule has 3 heteroatoms. The van der Waals surface area contributed by atoms with Crippen LogP contribution < -0.4 is 10.6 Å². The lowest BCUT2D eigenvalue weighted by molar-refractivity contribution is 0.764. The number of fused-ring (bicyclic) bond motifs is 1. The van der Waals surface area contributed by atoms with Gasteiger partial charge in [-0.1, -0.05) is 31.0 Å². The predicted molar refractivity (Wildman–Crippen MR) is 56.8 cm³/mol. The summed E-state index contributed by atoms with van der Waals surface area (Å²) < 4.78 is 0. The smallest absolute Gasteiger partial charge is 0.109 e. The highest BCUT2D eigenvalue weighted by molar-refractivity contribution is 6.87. The van der Waals surface area contributed by atoms with E-state index >= 15 is 0 Å². The first-order chi connectivity index (χ1) is 6.41. The summed E-state index contributed by atoms with van der Waals surface area (Å²) in [6.07, 6.45) is 5.78. The minimum Gasteiger partial charge on any atom is -0.373 e. The van der Waals surface area contributed by atoms with Crippen molar-refractivity contribution in [2.24, 2.45) is 0 Å². The first-order valence-electron chi connectivity index (χ1n) is 5.62. The summed E-state index contributed by atoms with van der Waals surface area (Å²) in [5.74, 6) is 0. The topological polar surface area (TPSA) is 24.1 Å². The lowest BCUT2D eigenvalue weighted by Crippen LogP contribution is -2.40. The van der Waals surface area contributed by atoms with Gasteiger partial charge in [0.15, 0.2) is 0 Å². The first kappa shape index (κ1) is 7.91. The van der Waals surface area contributed by atoms with Gasteiger partial charge in [0, 0.05) is 11.0 Å². The van der Waals surface area contributed by atoms with E-state index in [9.17, 15) is 0 Å². The van der Waals surface area contributed by atoms with Crippen LogP contribution in [0.5, 0.6) is 0 Å². The van der Waals surface area contributed by atoms with Crippen LogP contribution in [0.4, 0.5) is 0 Å². The Bertz CT molecular complexity index is 254. The van der Waals surface area contributed by atoms with E-state index in [1.54, 1.807) is 29.1 Å². The number of hydrogen-bond donors (Lipinski definition) is 2. The van der Waals surface area contributed by atoms with E-state index in [4.69, 9.17) is 0 Å². The molecule has 0 aromatic carbocycles. The Morgan fingerprint density at radius 3 is 2.54 bits per heavy atom. The average molecular weight is 194 g/mol. The van der Waals surface area contributed by atoms with Crippen molar-refractivity contribution in [3.63, 3.8) is 0 Å². The van der Waals surface area contributed by atoms with Crippen molar-refractivity contribution in [2.75, 3.05) is 6.67 Å². The molecule has 0 amide bonds. The Hall–Kier alpha value is -0.443. The third-order valence-electron chi connectivity index (χ3n) is 4.04. The second-order valence-corrected chi connectivity index (χ2v) is 9.29. The molecule has 1 saturated heterocycles. The molecule has 1 fully saturated rings. The summed E-state index contributed by atoms with van der Waals surface area (Å²) in [7, 11) is -0.943. The van der Waals surface area contributed by atoms with Crippen molar-refractivity contribution in [1.82, 2.24) is 10.6 Å². The first-order valence-corrected chi connectivity index (χ1v) is 8.24.